The van der Waals surface area contributed by atoms with Gasteiger partial charge in [0, 0.05) is 37.8 Å². The molecule has 1 fully saturated rings. The van der Waals surface area contributed by atoms with Gasteiger partial charge in [-0.15, -0.1) is 0 Å². The van der Waals surface area contributed by atoms with E-state index in [2.05, 4.69) is 34.6 Å². The topological polar surface area (TPSA) is 57.3 Å². The first-order valence-electron chi connectivity index (χ1n) is 6.78. The second kappa shape index (κ2) is 4.96. The summed E-state index contributed by atoms with van der Waals surface area (Å²) in [7, 11) is 0. The second-order valence-corrected chi connectivity index (χ2v) is 5.37. The molecule has 3 N–H and O–H groups in total. The standard InChI is InChI=1S/C15H20N2O2/c1-11-15(18,5-7-19-11)10-16-9-12-2-3-14-13(8-12)4-6-17-14/h2-4,6,8,11,16-18H,5,7,9-10H2,1H3. The van der Waals surface area contributed by atoms with Crippen molar-refractivity contribution in [2.45, 2.75) is 31.6 Å². The molecule has 0 spiro atoms. The van der Waals surface area contributed by atoms with Crippen LogP contribution in [-0.2, 0) is 11.3 Å². The fourth-order valence-electron chi connectivity index (χ4n) is 2.64. The average Bonchev–Trinajstić information content (AvgIpc) is 2.97. The number of nitrogens with one attached hydrogen (secondary N) is 2. The minimum absolute atomic E-state index is 0.0906. The zero-order chi connectivity index (χ0) is 13.3. The maximum absolute atomic E-state index is 10.4. The van der Waals surface area contributed by atoms with Crippen molar-refractivity contribution in [3.8, 4) is 0 Å². The number of aromatic amines is 1. The van der Waals surface area contributed by atoms with Crippen LogP contribution in [0, 0.1) is 0 Å². The third-order valence-corrected chi connectivity index (χ3v) is 4.04. The summed E-state index contributed by atoms with van der Waals surface area (Å²) in [5.41, 5.74) is 1.65. The number of aromatic nitrogens is 1. The molecule has 0 bridgehead atoms. The largest absolute Gasteiger partial charge is 0.386 e. The van der Waals surface area contributed by atoms with Crippen LogP contribution >= 0.6 is 0 Å². The second-order valence-electron chi connectivity index (χ2n) is 5.37. The number of hydrogen-bond acceptors (Lipinski definition) is 3. The number of aliphatic hydroxyl groups is 1. The van der Waals surface area contributed by atoms with Gasteiger partial charge in [-0.3, -0.25) is 0 Å². The summed E-state index contributed by atoms with van der Waals surface area (Å²) in [4.78, 5) is 3.18. The van der Waals surface area contributed by atoms with E-state index in [4.69, 9.17) is 4.74 Å². The first-order chi connectivity index (χ1) is 9.17. The van der Waals surface area contributed by atoms with Crippen LogP contribution in [0.5, 0.6) is 0 Å². The van der Waals surface area contributed by atoms with Gasteiger partial charge in [-0.05, 0) is 36.1 Å². The van der Waals surface area contributed by atoms with Crippen molar-refractivity contribution >= 4 is 10.9 Å². The van der Waals surface area contributed by atoms with Gasteiger partial charge in [0.15, 0.2) is 0 Å². The van der Waals surface area contributed by atoms with Gasteiger partial charge in [0.05, 0.1) is 6.10 Å². The van der Waals surface area contributed by atoms with E-state index in [-0.39, 0.29) is 6.10 Å². The van der Waals surface area contributed by atoms with E-state index in [1.54, 1.807) is 0 Å². The van der Waals surface area contributed by atoms with Crippen LogP contribution in [0.2, 0.25) is 0 Å². The molecule has 0 aliphatic carbocycles. The number of rotatable bonds is 4. The Bertz CT molecular complexity index is 566. The maximum Gasteiger partial charge on any atom is 0.105 e. The molecule has 3 rings (SSSR count). The molecule has 1 aromatic heterocycles. The Hall–Kier alpha value is -1.36. The predicted octanol–water partition coefficient (Wildman–Crippen LogP) is 1.80. The van der Waals surface area contributed by atoms with E-state index in [1.807, 2.05) is 13.1 Å². The summed E-state index contributed by atoms with van der Waals surface area (Å²) in [5, 5.41) is 14.9. The SMILES string of the molecule is CC1OCCC1(O)CNCc1ccc2[nH]ccc2c1. The zero-order valence-electron chi connectivity index (χ0n) is 11.1. The molecule has 0 radical (unpaired) electrons. The zero-order valence-corrected chi connectivity index (χ0v) is 11.1. The molecule has 4 heteroatoms. The lowest BCUT2D eigenvalue weighted by atomic mass is 9.96. The van der Waals surface area contributed by atoms with E-state index >= 15 is 0 Å². The Labute approximate surface area is 112 Å². The number of ether oxygens (including phenoxy) is 1. The smallest absolute Gasteiger partial charge is 0.105 e. The molecule has 0 amide bonds. The van der Waals surface area contributed by atoms with Gasteiger partial charge in [-0.25, -0.2) is 0 Å². The van der Waals surface area contributed by atoms with Gasteiger partial charge in [0.1, 0.15) is 5.60 Å². The van der Waals surface area contributed by atoms with Crippen molar-refractivity contribution in [3.05, 3.63) is 36.0 Å². The summed E-state index contributed by atoms with van der Waals surface area (Å²) < 4.78 is 5.42. The highest BCUT2D eigenvalue weighted by atomic mass is 16.5. The molecule has 1 aliphatic heterocycles. The molecule has 1 aromatic carbocycles. The van der Waals surface area contributed by atoms with E-state index in [9.17, 15) is 5.11 Å². The molecule has 2 heterocycles. The molecule has 2 unspecified atom stereocenters. The van der Waals surface area contributed by atoms with Crippen molar-refractivity contribution < 1.29 is 9.84 Å². The Morgan fingerprint density at radius 2 is 2.37 bits per heavy atom. The average molecular weight is 260 g/mol. The monoisotopic (exact) mass is 260 g/mol. The highest BCUT2D eigenvalue weighted by molar-refractivity contribution is 5.79. The van der Waals surface area contributed by atoms with Gasteiger partial charge in [-0.1, -0.05) is 6.07 Å². The molecule has 0 saturated carbocycles. The van der Waals surface area contributed by atoms with Crippen LogP contribution in [0.4, 0.5) is 0 Å². The third kappa shape index (κ3) is 2.52. The fraction of sp³-hybridized carbons (Fsp3) is 0.467. The number of benzene rings is 1. The van der Waals surface area contributed by atoms with Gasteiger partial charge in [-0.2, -0.15) is 0 Å². The normalized spacial score (nSPS) is 27.2. The van der Waals surface area contributed by atoms with Crippen LogP contribution in [0.15, 0.2) is 30.5 Å². The number of fused-ring (bicyclic) bond motifs is 1. The van der Waals surface area contributed by atoms with Gasteiger partial charge in [0.25, 0.3) is 0 Å². The Morgan fingerprint density at radius 1 is 1.47 bits per heavy atom. The fourth-order valence-corrected chi connectivity index (χ4v) is 2.64. The Kier molecular flexibility index (Phi) is 3.31. The molecule has 4 nitrogen and oxygen atoms in total. The quantitative estimate of drug-likeness (QED) is 0.785. The highest BCUT2D eigenvalue weighted by Gasteiger charge is 2.38. The van der Waals surface area contributed by atoms with Gasteiger partial charge < -0.3 is 20.1 Å². The number of H-pyrrole nitrogens is 1. The van der Waals surface area contributed by atoms with Gasteiger partial charge in [0.2, 0.25) is 0 Å². The predicted molar refractivity (Wildman–Crippen MR) is 75.0 cm³/mol. The van der Waals surface area contributed by atoms with Crippen molar-refractivity contribution in [2.24, 2.45) is 0 Å². The van der Waals surface area contributed by atoms with Crippen LogP contribution in [0.3, 0.4) is 0 Å². The lowest BCUT2D eigenvalue weighted by molar-refractivity contribution is -0.0262. The third-order valence-electron chi connectivity index (χ3n) is 4.04. The summed E-state index contributed by atoms with van der Waals surface area (Å²) in [6.07, 6.45) is 2.56. The molecule has 2 aromatic rings. The van der Waals surface area contributed by atoms with E-state index < -0.39 is 5.60 Å². The molecular weight excluding hydrogens is 240 g/mol. The minimum atomic E-state index is -0.724. The molecule has 1 aliphatic rings. The highest BCUT2D eigenvalue weighted by Crippen LogP contribution is 2.24. The maximum atomic E-state index is 10.4. The summed E-state index contributed by atoms with van der Waals surface area (Å²) in [5.74, 6) is 0. The van der Waals surface area contributed by atoms with E-state index in [0.717, 1.165) is 12.1 Å². The van der Waals surface area contributed by atoms with Crippen LogP contribution in [0.1, 0.15) is 18.9 Å². The summed E-state index contributed by atoms with van der Waals surface area (Å²) in [6.45, 7) is 3.91. The van der Waals surface area contributed by atoms with Crippen LogP contribution < -0.4 is 5.32 Å². The van der Waals surface area contributed by atoms with E-state index in [0.29, 0.717) is 19.6 Å². The molecular formula is C15H20N2O2. The lowest BCUT2D eigenvalue weighted by Gasteiger charge is -2.26. The van der Waals surface area contributed by atoms with Crippen LogP contribution in [0.25, 0.3) is 10.9 Å². The summed E-state index contributed by atoms with van der Waals surface area (Å²) in [6, 6.07) is 8.42. The first kappa shape index (κ1) is 12.7. The van der Waals surface area contributed by atoms with Crippen molar-refractivity contribution in [1.29, 1.82) is 0 Å². The Morgan fingerprint density at radius 3 is 3.16 bits per heavy atom. The molecule has 1 saturated heterocycles. The first-order valence-corrected chi connectivity index (χ1v) is 6.78. The Balaban J connectivity index is 1.60. The molecule has 102 valence electrons. The van der Waals surface area contributed by atoms with Crippen molar-refractivity contribution in [3.63, 3.8) is 0 Å². The van der Waals surface area contributed by atoms with Crippen LogP contribution in [-0.4, -0.2) is 34.9 Å². The van der Waals surface area contributed by atoms with Crippen molar-refractivity contribution in [1.82, 2.24) is 10.3 Å². The summed E-state index contributed by atoms with van der Waals surface area (Å²) >= 11 is 0. The van der Waals surface area contributed by atoms with Gasteiger partial charge >= 0.3 is 0 Å². The molecule has 19 heavy (non-hydrogen) atoms. The van der Waals surface area contributed by atoms with E-state index in [1.165, 1.54) is 10.9 Å². The minimum Gasteiger partial charge on any atom is -0.386 e. The number of hydrogen-bond donors (Lipinski definition) is 3. The van der Waals surface area contributed by atoms with Crippen molar-refractivity contribution in [2.75, 3.05) is 13.2 Å². The molecule has 2 atom stereocenters. The lowest BCUT2D eigenvalue weighted by Crippen LogP contribution is -2.45.